The van der Waals surface area contributed by atoms with Crippen molar-refractivity contribution in [2.75, 3.05) is 43.1 Å². The number of nitrogens with zero attached hydrogens (tertiary/aromatic N) is 4. The van der Waals surface area contributed by atoms with Crippen molar-refractivity contribution in [1.82, 2.24) is 19.5 Å². The molecule has 0 radical (unpaired) electrons. The van der Waals surface area contributed by atoms with E-state index in [0.717, 1.165) is 54.4 Å². The molecule has 9 heteroatoms. The van der Waals surface area contributed by atoms with E-state index in [4.69, 9.17) is 19.4 Å². The lowest BCUT2D eigenvalue weighted by Gasteiger charge is -2.29. The summed E-state index contributed by atoms with van der Waals surface area (Å²) in [6.07, 6.45) is 6.99. The number of imidazole rings is 2. The molecule has 1 aliphatic carbocycles. The maximum atomic E-state index is 12.1. The van der Waals surface area contributed by atoms with E-state index in [2.05, 4.69) is 31.9 Å². The van der Waals surface area contributed by atoms with Crippen LogP contribution in [0, 0.1) is 0 Å². The Morgan fingerprint density at radius 1 is 1.19 bits per heavy atom. The number of aromatic nitrogens is 4. The second-order valence-electron chi connectivity index (χ2n) is 9.54. The minimum Gasteiger partial charge on any atom is -0.462 e. The van der Waals surface area contributed by atoms with Gasteiger partial charge < -0.3 is 29.2 Å². The fourth-order valence-electron chi connectivity index (χ4n) is 5.40. The molecular formula is C27H32N6O3. The van der Waals surface area contributed by atoms with Crippen molar-refractivity contribution in [3.05, 3.63) is 48.0 Å². The van der Waals surface area contributed by atoms with E-state index in [1.165, 1.54) is 36.9 Å². The molecule has 2 aliphatic rings. The molecule has 2 N–H and O–H groups in total. The summed E-state index contributed by atoms with van der Waals surface area (Å²) >= 11 is 0. The molecule has 1 aliphatic heterocycles. The van der Waals surface area contributed by atoms with E-state index >= 15 is 0 Å². The van der Waals surface area contributed by atoms with E-state index in [0.29, 0.717) is 24.8 Å². The molecule has 1 saturated heterocycles. The first kappa shape index (κ1) is 22.8. The van der Waals surface area contributed by atoms with Gasteiger partial charge in [0.25, 0.3) is 0 Å². The van der Waals surface area contributed by atoms with Gasteiger partial charge in [-0.05, 0) is 50.1 Å². The molecule has 0 spiro atoms. The Balaban J connectivity index is 1.30. The summed E-state index contributed by atoms with van der Waals surface area (Å²) in [6.45, 7) is 5.93. The smallest absolute Gasteiger partial charge is 0.338 e. The molecule has 3 heterocycles. The van der Waals surface area contributed by atoms with Crippen LogP contribution in [-0.2, 0) is 16.0 Å². The van der Waals surface area contributed by atoms with E-state index in [9.17, 15) is 4.79 Å². The number of nitrogens with one attached hydrogen (secondary N) is 2. The first-order valence-corrected chi connectivity index (χ1v) is 12.9. The minimum atomic E-state index is -0.325. The molecule has 0 unspecified atom stereocenters. The van der Waals surface area contributed by atoms with Crippen LogP contribution in [0.2, 0.25) is 0 Å². The molecule has 0 amide bonds. The van der Waals surface area contributed by atoms with Gasteiger partial charge in [-0.1, -0.05) is 12.8 Å². The van der Waals surface area contributed by atoms with Gasteiger partial charge in [0, 0.05) is 24.8 Å². The van der Waals surface area contributed by atoms with E-state index in [1.54, 1.807) is 19.1 Å². The van der Waals surface area contributed by atoms with Crippen LogP contribution in [-0.4, -0.2) is 58.4 Å². The molecule has 2 fully saturated rings. The molecule has 0 atom stereocenters. The van der Waals surface area contributed by atoms with Crippen molar-refractivity contribution in [2.45, 2.75) is 45.2 Å². The molecule has 36 heavy (non-hydrogen) atoms. The third kappa shape index (κ3) is 4.39. The quantitative estimate of drug-likeness (QED) is 0.365. The van der Waals surface area contributed by atoms with Crippen molar-refractivity contribution < 1.29 is 14.3 Å². The number of aromatic amines is 1. The largest absolute Gasteiger partial charge is 0.462 e. The highest BCUT2D eigenvalue weighted by atomic mass is 16.5. The number of hydrogen-bond donors (Lipinski definition) is 2. The zero-order valence-corrected chi connectivity index (χ0v) is 20.6. The fraction of sp³-hybridized carbons (Fsp3) is 0.444. The van der Waals surface area contributed by atoms with Gasteiger partial charge in [0.2, 0.25) is 0 Å². The van der Waals surface area contributed by atoms with Gasteiger partial charge in [0.1, 0.15) is 11.3 Å². The third-order valence-electron chi connectivity index (χ3n) is 7.25. The van der Waals surface area contributed by atoms with Gasteiger partial charge in [0.15, 0.2) is 0 Å². The molecule has 2 aromatic carbocycles. The number of H-pyrrole nitrogens is 1. The van der Waals surface area contributed by atoms with Crippen LogP contribution in [0.15, 0.2) is 36.7 Å². The number of hydrogen-bond acceptors (Lipinski definition) is 7. The van der Waals surface area contributed by atoms with Gasteiger partial charge in [0.05, 0.1) is 60.5 Å². The van der Waals surface area contributed by atoms with E-state index in [-0.39, 0.29) is 5.97 Å². The molecule has 0 bridgehead atoms. The van der Waals surface area contributed by atoms with Gasteiger partial charge in [-0.3, -0.25) is 0 Å². The monoisotopic (exact) mass is 488 g/mol. The van der Waals surface area contributed by atoms with Crippen molar-refractivity contribution in [1.29, 1.82) is 0 Å². The lowest BCUT2D eigenvalue weighted by molar-refractivity contribution is 0.0526. The Bertz CT molecular complexity index is 1380. The standard InChI is InChI=1S/C27H32N6O3/c1-2-36-27(34)18-7-8-21-22(13-18)31-25(30-21)16-28-23-14-20(32-9-11-35-12-10-32)15-24-26(23)29-17-33(24)19-5-3-4-6-19/h7-8,13-15,17,19,28H,2-6,9-12,16H2,1H3,(H,30,31). The Labute approximate surface area is 209 Å². The summed E-state index contributed by atoms with van der Waals surface area (Å²) in [6, 6.07) is 10.4. The second kappa shape index (κ2) is 9.81. The number of rotatable bonds is 7. The highest BCUT2D eigenvalue weighted by Crippen LogP contribution is 2.36. The summed E-state index contributed by atoms with van der Waals surface area (Å²) in [4.78, 5) is 27.4. The number of ether oxygens (including phenoxy) is 2. The topological polar surface area (TPSA) is 97.3 Å². The lowest BCUT2D eigenvalue weighted by Crippen LogP contribution is -2.36. The maximum absolute atomic E-state index is 12.1. The van der Waals surface area contributed by atoms with Gasteiger partial charge in [-0.2, -0.15) is 0 Å². The van der Waals surface area contributed by atoms with Crippen molar-refractivity contribution in [3.8, 4) is 0 Å². The third-order valence-corrected chi connectivity index (χ3v) is 7.25. The first-order chi connectivity index (χ1) is 17.7. The van der Waals surface area contributed by atoms with Crippen molar-refractivity contribution in [3.63, 3.8) is 0 Å². The second-order valence-corrected chi connectivity index (χ2v) is 9.54. The number of esters is 1. The van der Waals surface area contributed by atoms with Gasteiger partial charge in [-0.15, -0.1) is 0 Å². The van der Waals surface area contributed by atoms with Crippen LogP contribution >= 0.6 is 0 Å². The number of morpholine rings is 1. The maximum Gasteiger partial charge on any atom is 0.338 e. The normalized spacial score (nSPS) is 16.8. The predicted octanol–water partition coefficient (Wildman–Crippen LogP) is 4.65. The highest BCUT2D eigenvalue weighted by molar-refractivity contribution is 5.94. The first-order valence-electron chi connectivity index (χ1n) is 12.9. The van der Waals surface area contributed by atoms with Gasteiger partial charge in [-0.25, -0.2) is 14.8 Å². The summed E-state index contributed by atoms with van der Waals surface area (Å²) in [7, 11) is 0. The molecule has 9 nitrogen and oxygen atoms in total. The molecule has 188 valence electrons. The Morgan fingerprint density at radius 3 is 2.83 bits per heavy atom. The van der Waals surface area contributed by atoms with Crippen LogP contribution in [0.5, 0.6) is 0 Å². The Kier molecular flexibility index (Phi) is 6.23. The van der Waals surface area contributed by atoms with Crippen LogP contribution in [0.3, 0.4) is 0 Å². The molecule has 4 aromatic rings. The number of carbonyl (C=O) groups is 1. The number of carbonyl (C=O) groups excluding carboxylic acids is 1. The molecular weight excluding hydrogens is 456 g/mol. The summed E-state index contributed by atoms with van der Waals surface area (Å²) in [5.74, 6) is 0.472. The number of benzene rings is 2. The van der Waals surface area contributed by atoms with Crippen LogP contribution < -0.4 is 10.2 Å². The number of anilines is 2. The zero-order chi connectivity index (χ0) is 24.5. The fourth-order valence-corrected chi connectivity index (χ4v) is 5.40. The van der Waals surface area contributed by atoms with Crippen molar-refractivity contribution in [2.24, 2.45) is 0 Å². The van der Waals surface area contributed by atoms with E-state index < -0.39 is 0 Å². The average molecular weight is 489 g/mol. The van der Waals surface area contributed by atoms with Crippen molar-refractivity contribution >= 4 is 39.4 Å². The molecule has 6 rings (SSSR count). The SMILES string of the molecule is CCOC(=O)c1ccc2nc(CNc3cc(N4CCOCC4)cc4c3ncn4C3CCCC3)[nH]c2c1. The summed E-state index contributed by atoms with van der Waals surface area (Å²) < 4.78 is 13.1. The molecule has 2 aromatic heterocycles. The van der Waals surface area contributed by atoms with Crippen LogP contribution in [0.4, 0.5) is 11.4 Å². The lowest BCUT2D eigenvalue weighted by atomic mass is 10.2. The van der Waals surface area contributed by atoms with Crippen LogP contribution in [0.25, 0.3) is 22.1 Å². The molecule has 1 saturated carbocycles. The summed E-state index contributed by atoms with van der Waals surface area (Å²) in [5.41, 5.74) is 6.50. The van der Waals surface area contributed by atoms with Crippen LogP contribution in [0.1, 0.15) is 54.8 Å². The Morgan fingerprint density at radius 2 is 2.03 bits per heavy atom. The highest BCUT2D eigenvalue weighted by Gasteiger charge is 2.22. The minimum absolute atomic E-state index is 0.325. The number of fused-ring (bicyclic) bond motifs is 2. The predicted molar refractivity (Wildman–Crippen MR) is 140 cm³/mol. The van der Waals surface area contributed by atoms with Gasteiger partial charge >= 0.3 is 5.97 Å². The zero-order valence-electron chi connectivity index (χ0n) is 20.6. The summed E-state index contributed by atoms with van der Waals surface area (Å²) in [5, 5.41) is 3.59. The Hall–Kier alpha value is -3.59. The van der Waals surface area contributed by atoms with E-state index in [1.807, 2.05) is 12.4 Å². The average Bonchev–Trinajstić information content (AvgIpc) is 3.66.